The van der Waals surface area contributed by atoms with Crippen LogP contribution in [0.3, 0.4) is 0 Å². The molecule has 0 saturated carbocycles. The lowest BCUT2D eigenvalue weighted by molar-refractivity contribution is -0.148. The first-order valence-electron chi connectivity index (χ1n) is 18.1. The smallest absolute Gasteiger partial charge is 0.326 e. The van der Waals surface area contributed by atoms with Crippen molar-refractivity contribution in [1.29, 1.82) is 0 Å². The highest BCUT2D eigenvalue weighted by Crippen LogP contribution is 2.25. The number of carboxylic acids is 1. The van der Waals surface area contributed by atoms with Gasteiger partial charge in [-0.2, -0.15) is 0 Å². The van der Waals surface area contributed by atoms with E-state index in [2.05, 4.69) is 43.0 Å². The molecule has 1 fully saturated rings. The first kappa shape index (κ1) is 37.2. The molecule has 268 valence electrons. The fourth-order valence-corrected chi connectivity index (χ4v) is 6.34. The Bertz CT molecular complexity index is 1750. The molecule has 2 atom stereocenters. The van der Waals surface area contributed by atoms with Crippen molar-refractivity contribution >= 4 is 17.8 Å². The van der Waals surface area contributed by atoms with Gasteiger partial charge in [-0.1, -0.05) is 102 Å². The number of aromatic nitrogens is 2. The maximum atomic E-state index is 13.8. The second kappa shape index (κ2) is 17.2. The van der Waals surface area contributed by atoms with Crippen LogP contribution < -0.4 is 10.1 Å². The molecule has 2 heterocycles. The number of amides is 2. The minimum Gasteiger partial charge on any atom is -0.494 e. The van der Waals surface area contributed by atoms with Crippen LogP contribution in [0.2, 0.25) is 0 Å². The molecule has 1 saturated heterocycles. The molecule has 9 nitrogen and oxygen atoms in total. The lowest BCUT2D eigenvalue weighted by Gasteiger charge is -2.27. The number of carbonyl (C=O) groups excluding carboxylic acids is 2. The van der Waals surface area contributed by atoms with Crippen molar-refractivity contribution < 1.29 is 24.2 Å². The molecule has 0 spiro atoms. The van der Waals surface area contributed by atoms with Crippen molar-refractivity contribution in [2.45, 2.75) is 96.6 Å². The van der Waals surface area contributed by atoms with Gasteiger partial charge in [0.2, 0.25) is 5.91 Å². The topological polar surface area (TPSA) is 122 Å². The van der Waals surface area contributed by atoms with Crippen molar-refractivity contribution in [3.8, 4) is 28.3 Å². The summed E-state index contributed by atoms with van der Waals surface area (Å²) in [5, 5.41) is 12.7. The summed E-state index contributed by atoms with van der Waals surface area (Å²) in [6.45, 7) is 9.58. The Morgan fingerprint density at radius 3 is 2.14 bits per heavy atom. The summed E-state index contributed by atoms with van der Waals surface area (Å²) >= 11 is 0. The Labute approximate surface area is 301 Å². The zero-order chi connectivity index (χ0) is 36.4. The Morgan fingerprint density at radius 2 is 1.51 bits per heavy atom. The summed E-state index contributed by atoms with van der Waals surface area (Å²) in [5.74, 6) is -0.398. The maximum absolute atomic E-state index is 13.8. The number of nitrogens with one attached hydrogen (secondary N) is 1. The quantitative estimate of drug-likeness (QED) is 0.122. The van der Waals surface area contributed by atoms with Crippen LogP contribution in [0.5, 0.6) is 5.75 Å². The van der Waals surface area contributed by atoms with Gasteiger partial charge >= 0.3 is 5.97 Å². The Morgan fingerprint density at radius 1 is 0.863 bits per heavy atom. The molecule has 1 aliphatic rings. The molecular formula is C42H50N4O5. The summed E-state index contributed by atoms with van der Waals surface area (Å²) in [7, 11) is 0. The highest BCUT2D eigenvalue weighted by atomic mass is 16.5. The molecule has 1 aliphatic heterocycles. The molecule has 0 aliphatic carbocycles. The van der Waals surface area contributed by atoms with Crippen LogP contribution in [0.1, 0.15) is 94.1 Å². The lowest BCUT2D eigenvalue weighted by atomic mass is 9.86. The number of nitrogens with zero attached hydrogens (tertiary/aromatic N) is 3. The van der Waals surface area contributed by atoms with E-state index in [1.807, 2.05) is 60.7 Å². The van der Waals surface area contributed by atoms with Gasteiger partial charge < -0.3 is 20.1 Å². The number of carboxylic acid groups (broad SMARTS) is 1. The molecule has 2 unspecified atom stereocenters. The predicted molar refractivity (Wildman–Crippen MR) is 200 cm³/mol. The summed E-state index contributed by atoms with van der Waals surface area (Å²) in [5.41, 5.74) is 4.98. The van der Waals surface area contributed by atoms with E-state index in [0.29, 0.717) is 30.8 Å². The zero-order valence-electron chi connectivity index (χ0n) is 30.2. The fourth-order valence-electron chi connectivity index (χ4n) is 6.34. The number of rotatable bonds is 15. The number of hydrogen-bond donors (Lipinski definition) is 2. The molecule has 1 aromatic heterocycles. The monoisotopic (exact) mass is 690 g/mol. The standard InChI is InChI=1S/C42H50N4O5/c1-5-6-7-8-9-25-51-35-22-18-30(19-23-35)33-27-43-38(44-28-33)31-14-12-29(13-15-31)26-36(40(48)46-24-10-11-37(46)41(49)50)45-39(47)32-16-20-34(21-17-32)42(2,3)4/h12-23,27-28,36-37H,5-11,24-26H2,1-4H3,(H,45,47)(H,49,50). The second-order valence-electron chi connectivity index (χ2n) is 14.4. The summed E-state index contributed by atoms with van der Waals surface area (Å²) in [4.78, 5) is 49.7. The average Bonchev–Trinajstić information content (AvgIpc) is 3.64. The fraction of sp³-hybridized carbons (Fsp3) is 0.405. The van der Waals surface area contributed by atoms with Gasteiger partial charge in [-0.15, -0.1) is 0 Å². The highest BCUT2D eigenvalue weighted by Gasteiger charge is 2.37. The Hall–Kier alpha value is -5.05. The number of ether oxygens (including phenoxy) is 1. The third-order valence-corrected chi connectivity index (χ3v) is 9.45. The molecule has 5 rings (SSSR count). The van der Waals surface area contributed by atoms with E-state index in [4.69, 9.17) is 4.74 Å². The van der Waals surface area contributed by atoms with Crippen molar-refractivity contribution in [3.63, 3.8) is 0 Å². The number of likely N-dealkylation sites (tertiary alicyclic amines) is 1. The van der Waals surface area contributed by atoms with Crippen LogP contribution in [0.4, 0.5) is 0 Å². The molecule has 4 aromatic rings. The largest absolute Gasteiger partial charge is 0.494 e. The average molecular weight is 691 g/mol. The van der Waals surface area contributed by atoms with Crippen molar-refractivity contribution in [2.75, 3.05) is 13.2 Å². The first-order valence-corrected chi connectivity index (χ1v) is 18.1. The molecule has 51 heavy (non-hydrogen) atoms. The van der Waals surface area contributed by atoms with Crippen molar-refractivity contribution in [2.24, 2.45) is 0 Å². The molecule has 2 amide bonds. The van der Waals surface area contributed by atoms with Crippen LogP contribution >= 0.6 is 0 Å². The third-order valence-electron chi connectivity index (χ3n) is 9.45. The first-order chi connectivity index (χ1) is 24.5. The molecule has 0 radical (unpaired) electrons. The van der Waals surface area contributed by atoms with Crippen LogP contribution in [-0.2, 0) is 21.4 Å². The zero-order valence-corrected chi connectivity index (χ0v) is 30.2. The van der Waals surface area contributed by atoms with E-state index in [-0.39, 0.29) is 17.7 Å². The molecule has 0 bridgehead atoms. The van der Waals surface area contributed by atoms with E-state index in [9.17, 15) is 19.5 Å². The SMILES string of the molecule is CCCCCCCOc1ccc(-c2cnc(-c3ccc(CC(NC(=O)c4ccc(C(C)(C)C)cc4)C(=O)N4CCCC4C(=O)O)cc3)nc2)cc1. The molecular weight excluding hydrogens is 640 g/mol. The van der Waals surface area contributed by atoms with Gasteiger partial charge in [-0.25, -0.2) is 14.8 Å². The van der Waals surface area contributed by atoms with Gasteiger partial charge in [-0.05, 0) is 65.6 Å². The minimum absolute atomic E-state index is 0.0664. The number of hydrogen-bond acceptors (Lipinski definition) is 6. The van der Waals surface area contributed by atoms with E-state index >= 15 is 0 Å². The van der Waals surface area contributed by atoms with Crippen LogP contribution in [0.25, 0.3) is 22.5 Å². The van der Waals surface area contributed by atoms with Crippen LogP contribution in [0.15, 0.2) is 85.2 Å². The third kappa shape index (κ3) is 10.0. The number of unbranched alkanes of at least 4 members (excludes halogenated alkanes) is 4. The van der Waals surface area contributed by atoms with Crippen molar-refractivity contribution in [3.05, 3.63) is 102 Å². The van der Waals surface area contributed by atoms with Gasteiger partial charge in [-0.3, -0.25) is 9.59 Å². The molecule has 3 aromatic carbocycles. The van der Waals surface area contributed by atoms with Gasteiger partial charge in [0, 0.05) is 42.0 Å². The summed E-state index contributed by atoms with van der Waals surface area (Å²) < 4.78 is 5.90. The summed E-state index contributed by atoms with van der Waals surface area (Å²) in [6.07, 6.45) is 10.8. The predicted octanol–water partition coefficient (Wildman–Crippen LogP) is 7.87. The van der Waals surface area contributed by atoms with E-state index in [1.54, 1.807) is 24.5 Å². The van der Waals surface area contributed by atoms with Gasteiger partial charge in [0.05, 0.1) is 6.61 Å². The van der Waals surface area contributed by atoms with Gasteiger partial charge in [0.1, 0.15) is 17.8 Å². The van der Waals surface area contributed by atoms with Crippen molar-refractivity contribution in [1.82, 2.24) is 20.2 Å². The maximum Gasteiger partial charge on any atom is 0.326 e. The number of carbonyl (C=O) groups is 3. The number of aliphatic carboxylic acids is 1. The van der Waals surface area contributed by atoms with E-state index in [0.717, 1.165) is 46.6 Å². The minimum atomic E-state index is -1.03. The van der Waals surface area contributed by atoms with Crippen LogP contribution in [0, 0.1) is 0 Å². The molecule has 9 heteroatoms. The Kier molecular flexibility index (Phi) is 12.6. The lowest BCUT2D eigenvalue weighted by Crippen LogP contribution is -2.52. The van der Waals surface area contributed by atoms with E-state index in [1.165, 1.54) is 30.6 Å². The molecule has 2 N–H and O–H groups in total. The van der Waals surface area contributed by atoms with Gasteiger partial charge in [0.15, 0.2) is 5.82 Å². The highest BCUT2D eigenvalue weighted by molar-refractivity contribution is 5.98. The second-order valence-corrected chi connectivity index (χ2v) is 14.4. The van der Waals surface area contributed by atoms with Crippen LogP contribution in [-0.4, -0.2) is 63.0 Å². The van der Waals surface area contributed by atoms with Gasteiger partial charge in [0.25, 0.3) is 5.91 Å². The summed E-state index contributed by atoms with van der Waals surface area (Å²) in [6, 6.07) is 21.0. The normalized spacial score (nSPS) is 15.0. The Balaban J connectivity index is 1.25. The van der Waals surface area contributed by atoms with E-state index < -0.39 is 24.0 Å². The number of benzene rings is 3.